The summed E-state index contributed by atoms with van der Waals surface area (Å²) >= 11 is 0. The van der Waals surface area contributed by atoms with Gasteiger partial charge in [0.15, 0.2) is 0 Å². The fourth-order valence-electron chi connectivity index (χ4n) is 5.17. The van der Waals surface area contributed by atoms with E-state index in [1.54, 1.807) is 6.07 Å². The zero-order chi connectivity index (χ0) is 25.7. The highest BCUT2D eigenvalue weighted by atomic mass is 19.1. The van der Waals surface area contributed by atoms with Crippen LogP contribution in [0.2, 0.25) is 0 Å². The number of fused-ring (bicyclic) bond motifs is 6. The first-order valence-electron chi connectivity index (χ1n) is 10.4. The van der Waals surface area contributed by atoms with Gasteiger partial charge in [0.1, 0.15) is 17.7 Å². The summed E-state index contributed by atoms with van der Waals surface area (Å²) in [5.74, 6) is -1.50. The molecule has 3 aromatic rings. The first kappa shape index (κ1) is 22.0. The summed E-state index contributed by atoms with van der Waals surface area (Å²) in [6, 6.07) is 11.2. The number of nitrogens with zero attached hydrogens (tertiary/aromatic N) is 6. The lowest BCUT2D eigenvalue weighted by atomic mass is 9.90. The summed E-state index contributed by atoms with van der Waals surface area (Å²) in [5.41, 5.74) is 1.41. The molecule has 0 amide bonds. The van der Waals surface area contributed by atoms with Crippen LogP contribution in [-0.2, 0) is 12.8 Å². The van der Waals surface area contributed by atoms with Crippen molar-refractivity contribution in [3.8, 4) is 40.5 Å². The SMILES string of the molecule is [C-]#[N+]/C(C#N)=c1/c2c(/c(=C(\C#N)[N+]#[C-])c3c1Cc1c-3ccc([N+]#[C-])c1F)-c1ccc(C#N)c(F)c1C2. The molecule has 0 saturated heterocycles. The first-order chi connectivity index (χ1) is 17.4. The first-order valence-corrected chi connectivity index (χ1v) is 10.4. The van der Waals surface area contributed by atoms with E-state index in [9.17, 15) is 15.8 Å². The van der Waals surface area contributed by atoms with Gasteiger partial charge in [-0.3, -0.25) is 0 Å². The maximum Gasteiger partial charge on any atom is 0.270 e. The van der Waals surface area contributed by atoms with Crippen LogP contribution in [0.1, 0.15) is 27.8 Å². The van der Waals surface area contributed by atoms with Crippen LogP contribution in [0.5, 0.6) is 0 Å². The van der Waals surface area contributed by atoms with Gasteiger partial charge in [-0.15, -0.1) is 0 Å². The number of rotatable bonds is 0. The average Bonchev–Trinajstić information content (AvgIpc) is 3.47. The molecule has 164 valence electrons. The minimum absolute atomic E-state index is 0.0743. The number of benzene rings is 3. The minimum Gasteiger partial charge on any atom is -0.235 e. The number of nitriles is 3. The minimum atomic E-state index is -0.751. The molecule has 0 aliphatic heterocycles. The van der Waals surface area contributed by atoms with Gasteiger partial charge in [-0.25, -0.2) is 33.8 Å². The van der Waals surface area contributed by atoms with E-state index in [0.717, 1.165) is 0 Å². The molecule has 8 heteroatoms. The van der Waals surface area contributed by atoms with Crippen molar-refractivity contribution < 1.29 is 8.78 Å². The van der Waals surface area contributed by atoms with Crippen molar-refractivity contribution in [2.45, 2.75) is 12.8 Å². The summed E-state index contributed by atoms with van der Waals surface area (Å²) in [7, 11) is 0. The molecule has 0 N–H and O–H groups in total. The standard InChI is InChI=1S/C28H8F2N6/c1-34-20-7-6-15-17(28(20)30)9-19-23(21(11-32)35-2)18-8-16-14(5-4-13(10-31)27(16)29)24(18)26(25(15)19)22(12-33)36-3/h4-7H,8-9H2/b23-21-,26-22-. The molecule has 36 heavy (non-hydrogen) atoms. The van der Waals surface area contributed by atoms with Crippen molar-refractivity contribution in [2.75, 3.05) is 0 Å². The topological polar surface area (TPSA) is 84.4 Å². The van der Waals surface area contributed by atoms with E-state index in [0.29, 0.717) is 33.4 Å². The van der Waals surface area contributed by atoms with E-state index in [4.69, 9.17) is 19.7 Å². The summed E-state index contributed by atoms with van der Waals surface area (Å²) in [5, 5.41) is 29.3. The molecule has 0 fully saturated rings. The van der Waals surface area contributed by atoms with E-state index in [1.807, 2.05) is 12.1 Å². The Morgan fingerprint density at radius 2 is 1.25 bits per heavy atom. The lowest BCUT2D eigenvalue weighted by Crippen LogP contribution is -2.25. The van der Waals surface area contributed by atoms with Gasteiger partial charge < -0.3 is 0 Å². The molecule has 0 heterocycles. The second-order valence-corrected chi connectivity index (χ2v) is 8.06. The van der Waals surface area contributed by atoms with E-state index in [2.05, 4.69) is 14.5 Å². The van der Waals surface area contributed by atoms with Crippen molar-refractivity contribution in [2.24, 2.45) is 0 Å². The van der Waals surface area contributed by atoms with Gasteiger partial charge in [-0.2, -0.15) is 5.26 Å². The molecule has 0 radical (unpaired) electrons. The molecular weight excluding hydrogens is 458 g/mol. The third kappa shape index (κ3) is 2.68. The second-order valence-electron chi connectivity index (χ2n) is 8.06. The van der Waals surface area contributed by atoms with Gasteiger partial charge in [-0.1, -0.05) is 18.2 Å². The Balaban J connectivity index is 2.13. The zero-order valence-corrected chi connectivity index (χ0v) is 18.2. The van der Waals surface area contributed by atoms with Gasteiger partial charge in [0, 0.05) is 17.2 Å². The lowest BCUT2D eigenvalue weighted by Gasteiger charge is -2.13. The molecule has 0 atom stereocenters. The van der Waals surface area contributed by atoms with Gasteiger partial charge in [0.25, 0.3) is 11.4 Å². The zero-order valence-electron chi connectivity index (χ0n) is 18.2. The van der Waals surface area contributed by atoms with E-state index in [1.165, 1.54) is 24.3 Å². The van der Waals surface area contributed by atoms with Gasteiger partial charge >= 0.3 is 0 Å². The van der Waals surface area contributed by atoms with E-state index >= 15 is 8.78 Å². The molecule has 6 nitrogen and oxygen atoms in total. The maximum atomic E-state index is 15.2. The van der Waals surface area contributed by atoms with Crippen molar-refractivity contribution >= 4 is 17.1 Å². The molecule has 0 saturated carbocycles. The smallest absolute Gasteiger partial charge is 0.235 e. The number of hydrogen-bond acceptors (Lipinski definition) is 3. The summed E-state index contributed by atoms with van der Waals surface area (Å²) in [4.78, 5) is 9.96. The van der Waals surface area contributed by atoms with Crippen molar-refractivity contribution in [1.82, 2.24) is 0 Å². The third-order valence-corrected chi connectivity index (χ3v) is 6.57. The predicted octanol–water partition coefficient (Wildman–Crippen LogP) is 4.63. The quantitative estimate of drug-likeness (QED) is 0.312. The van der Waals surface area contributed by atoms with Gasteiger partial charge in [-0.05, 0) is 56.6 Å². The Morgan fingerprint density at radius 1 is 0.722 bits per heavy atom. The normalized spacial score (nSPS) is 13.2. The summed E-state index contributed by atoms with van der Waals surface area (Å²) < 4.78 is 30.5. The molecule has 2 aliphatic rings. The van der Waals surface area contributed by atoms with Crippen LogP contribution in [0.3, 0.4) is 0 Å². The van der Waals surface area contributed by atoms with Crippen LogP contribution in [0.25, 0.3) is 48.2 Å². The molecule has 2 aliphatic carbocycles. The van der Waals surface area contributed by atoms with Crippen LogP contribution in [0, 0.1) is 65.3 Å². The largest absolute Gasteiger partial charge is 0.270 e. The van der Waals surface area contributed by atoms with Crippen LogP contribution in [0.4, 0.5) is 14.5 Å². The third-order valence-electron chi connectivity index (χ3n) is 6.57. The molecule has 0 aromatic heterocycles. The molecular formula is C28H8F2N6. The Hall–Kier alpha value is -5.80. The monoisotopic (exact) mass is 466 g/mol. The average molecular weight is 466 g/mol. The van der Waals surface area contributed by atoms with Crippen molar-refractivity contribution in [3.05, 3.63) is 108 Å². The fourth-order valence-corrected chi connectivity index (χ4v) is 5.17. The highest BCUT2D eigenvalue weighted by Gasteiger charge is 2.34. The number of halogens is 2. The van der Waals surface area contributed by atoms with Crippen LogP contribution >= 0.6 is 0 Å². The predicted molar refractivity (Wildman–Crippen MR) is 124 cm³/mol. The summed E-state index contributed by atoms with van der Waals surface area (Å²) in [6.07, 6.45) is -0.152. The summed E-state index contributed by atoms with van der Waals surface area (Å²) in [6.45, 7) is 22.5. The lowest BCUT2D eigenvalue weighted by molar-refractivity contribution is 0.612. The fraction of sp³-hybridized carbons (Fsp3) is 0.0714. The molecule has 5 rings (SSSR count). The van der Waals surface area contributed by atoms with Crippen molar-refractivity contribution in [1.29, 1.82) is 15.8 Å². The van der Waals surface area contributed by atoms with Crippen LogP contribution < -0.4 is 10.4 Å². The van der Waals surface area contributed by atoms with Crippen LogP contribution in [0.15, 0.2) is 24.3 Å². The Bertz CT molecular complexity index is 1840. The highest BCUT2D eigenvalue weighted by molar-refractivity contribution is 5.93. The number of hydrogen-bond donors (Lipinski definition) is 0. The molecule has 0 spiro atoms. The van der Waals surface area contributed by atoms with Gasteiger partial charge in [0.2, 0.25) is 5.69 Å². The molecule has 0 bridgehead atoms. The van der Waals surface area contributed by atoms with Crippen LogP contribution in [-0.4, -0.2) is 0 Å². The second kappa shape index (κ2) is 7.90. The van der Waals surface area contributed by atoms with E-state index in [-0.39, 0.29) is 57.1 Å². The maximum absolute atomic E-state index is 15.2. The van der Waals surface area contributed by atoms with Gasteiger partial charge in [0.05, 0.1) is 37.4 Å². The molecule has 0 unspecified atom stereocenters. The Morgan fingerprint density at radius 3 is 1.75 bits per heavy atom. The highest BCUT2D eigenvalue weighted by Crippen LogP contribution is 2.43. The Kier molecular flexibility index (Phi) is 4.83. The van der Waals surface area contributed by atoms with Crippen molar-refractivity contribution in [3.63, 3.8) is 0 Å². The van der Waals surface area contributed by atoms with E-state index < -0.39 is 11.6 Å². The Labute approximate surface area is 203 Å². The molecule has 3 aromatic carbocycles.